The predicted molar refractivity (Wildman–Crippen MR) is 108 cm³/mol. The fourth-order valence-corrected chi connectivity index (χ4v) is 2.24. The maximum absolute atomic E-state index is 11.4. The Balaban J connectivity index is 2.94. The Kier molecular flexibility index (Phi) is 9.51. The first-order valence-electron chi connectivity index (χ1n) is 8.63. The fourth-order valence-electron chi connectivity index (χ4n) is 2.24. The number of ether oxygens (including phenoxy) is 4. The molecular formula is C22H28O5. The van der Waals surface area contributed by atoms with Crippen molar-refractivity contribution < 1.29 is 23.7 Å². The molecule has 0 saturated heterocycles. The molecule has 146 valence electrons. The third kappa shape index (κ3) is 7.44. The Bertz CT molecular complexity index is 729. The number of hydrogen-bond donors (Lipinski definition) is 0. The summed E-state index contributed by atoms with van der Waals surface area (Å²) < 4.78 is 21.0. The van der Waals surface area contributed by atoms with E-state index in [0.29, 0.717) is 23.9 Å². The number of esters is 1. The van der Waals surface area contributed by atoms with Crippen LogP contribution in [-0.2, 0) is 9.53 Å². The van der Waals surface area contributed by atoms with Crippen LogP contribution in [0.5, 0.6) is 17.2 Å². The van der Waals surface area contributed by atoms with E-state index in [-0.39, 0.29) is 5.97 Å². The molecule has 0 radical (unpaired) electrons. The second-order valence-corrected chi connectivity index (χ2v) is 5.69. The Morgan fingerprint density at radius 1 is 0.963 bits per heavy atom. The molecule has 0 heterocycles. The van der Waals surface area contributed by atoms with E-state index in [1.54, 1.807) is 28.3 Å². The molecule has 1 aromatic rings. The minimum absolute atomic E-state index is 0.334. The van der Waals surface area contributed by atoms with Crippen LogP contribution in [0.3, 0.4) is 0 Å². The number of carbonyl (C=O) groups excluding carboxylic acids is 1. The molecule has 0 amide bonds. The summed E-state index contributed by atoms with van der Waals surface area (Å²) in [5.41, 5.74) is 2.67. The molecule has 0 bridgehead atoms. The maximum atomic E-state index is 11.4. The quantitative estimate of drug-likeness (QED) is 0.356. The third-order valence-electron chi connectivity index (χ3n) is 3.62. The monoisotopic (exact) mass is 372 g/mol. The van der Waals surface area contributed by atoms with E-state index in [1.807, 2.05) is 56.4 Å². The van der Waals surface area contributed by atoms with Crippen LogP contribution >= 0.6 is 0 Å². The molecule has 1 aromatic carbocycles. The van der Waals surface area contributed by atoms with Gasteiger partial charge in [-0.2, -0.15) is 0 Å². The van der Waals surface area contributed by atoms with E-state index < -0.39 is 0 Å². The molecule has 0 atom stereocenters. The van der Waals surface area contributed by atoms with Crippen molar-refractivity contribution in [3.63, 3.8) is 0 Å². The highest BCUT2D eigenvalue weighted by atomic mass is 16.5. The van der Waals surface area contributed by atoms with Gasteiger partial charge in [0.05, 0.1) is 33.5 Å². The van der Waals surface area contributed by atoms with Crippen LogP contribution in [0.2, 0.25) is 0 Å². The van der Waals surface area contributed by atoms with Crippen molar-refractivity contribution in [3.05, 3.63) is 59.2 Å². The average molecular weight is 372 g/mol. The smallest absolute Gasteiger partial charge is 0.330 e. The van der Waals surface area contributed by atoms with Gasteiger partial charge in [0.15, 0.2) is 0 Å². The first kappa shape index (κ1) is 22.1. The van der Waals surface area contributed by atoms with E-state index in [4.69, 9.17) is 18.9 Å². The van der Waals surface area contributed by atoms with E-state index in [1.165, 1.54) is 6.08 Å². The molecule has 0 aliphatic heterocycles. The lowest BCUT2D eigenvalue weighted by molar-refractivity contribution is -0.137. The number of carbonyl (C=O) groups is 1. The van der Waals surface area contributed by atoms with Gasteiger partial charge in [-0.1, -0.05) is 29.9 Å². The van der Waals surface area contributed by atoms with Crippen molar-refractivity contribution in [2.24, 2.45) is 0 Å². The van der Waals surface area contributed by atoms with Crippen molar-refractivity contribution in [1.29, 1.82) is 0 Å². The second kappa shape index (κ2) is 11.6. The van der Waals surface area contributed by atoms with Crippen molar-refractivity contribution in [1.82, 2.24) is 0 Å². The summed E-state index contributed by atoms with van der Waals surface area (Å²) in [5, 5.41) is 0. The average Bonchev–Trinajstić information content (AvgIpc) is 2.65. The largest absolute Gasteiger partial charge is 0.496 e. The predicted octanol–water partition coefficient (Wildman–Crippen LogP) is 4.74. The maximum Gasteiger partial charge on any atom is 0.330 e. The van der Waals surface area contributed by atoms with Crippen LogP contribution in [0, 0.1) is 0 Å². The van der Waals surface area contributed by atoms with Crippen LogP contribution in [0.4, 0.5) is 0 Å². The number of hydrogen-bond acceptors (Lipinski definition) is 5. The zero-order valence-electron chi connectivity index (χ0n) is 16.9. The summed E-state index contributed by atoms with van der Waals surface area (Å²) in [4.78, 5) is 11.4. The van der Waals surface area contributed by atoms with Gasteiger partial charge in [0.25, 0.3) is 0 Å². The highest BCUT2D eigenvalue weighted by molar-refractivity contribution is 5.83. The molecule has 0 aromatic heterocycles. The summed E-state index contributed by atoms with van der Waals surface area (Å²) in [6.45, 7) is 5.98. The Hall–Kier alpha value is -2.95. The SMILES string of the molecule is CCOC(=O)/C=C(C)/C=C/C=C(C)/C=C/c1c(OC)cc(OC)cc1OC. The molecule has 27 heavy (non-hydrogen) atoms. The second-order valence-electron chi connectivity index (χ2n) is 5.69. The highest BCUT2D eigenvalue weighted by Gasteiger charge is 2.10. The van der Waals surface area contributed by atoms with Gasteiger partial charge in [0.2, 0.25) is 0 Å². The van der Waals surface area contributed by atoms with E-state index in [2.05, 4.69) is 0 Å². The molecule has 5 nitrogen and oxygen atoms in total. The normalized spacial score (nSPS) is 12.5. The van der Waals surface area contributed by atoms with Gasteiger partial charge < -0.3 is 18.9 Å². The molecule has 0 fully saturated rings. The highest BCUT2D eigenvalue weighted by Crippen LogP contribution is 2.35. The lowest BCUT2D eigenvalue weighted by Gasteiger charge is -2.12. The Morgan fingerprint density at radius 2 is 1.59 bits per heavy atom. The molecule has 0 unspecified atom stereocenters. The standard InChI is InChI=1S/C22H28O5/c1-7-27-22(23)13-17(3)10-8-9-16(2)11-12-19-20(25-5)14-18(24-4)15-21(19)26-6/h8-15H,7H2,1-6H3/b10-8+,12-11+,16-9+,17-13+. The van der Waals surface area contributed by atoms with Crippen LogP contribution < -0.4 is 14.2 Å². The van der Waals surface area contributed by atoms with Crippen LogP contribution in [0.15, 0.2) is 53.7 Å². The van der Waals surface area contributed by atoms with Crippen LogP contribution in [0.25, 0.3) is 6.08 Å². The van der Waals surface area contributed by atoms with Gasteiger partial charge in [-0.05, 0) is 32.4 Å². The lowest BCUT2D eigenvalue weighted by atomic mass is 10.1. The molecule has 1 rings (SSSR count). The van der Waals surface area contributed by atoms with Crippen molar-refractivity contribution >= 4 is 12.0 Å². The Labute approximate surface area is 161 Å². The Morgan fingerprint density at radius 3 is 2.11 bits per heavy atom. The molecule has 5 heteroatoms. The zero-order valence-corrected chi connectivity index (χ0v) is 16.9. The van der Waals surface area contributed by atoms with Gasteiger partial charge in [-0.3, -0.25) is 0 Å². The minimum atomic E-state index is -0.334. The van der Waals surface area contributed by atoms with Crippen LogP contribution in [-0.4, -0.2) is 33.9 Å². The van der Waals surface area contributed by atoms with Crippen molar-refractivity contribution in [2.45, 2.75) is 20.8 Å². The molecule has 0 N–H and O–H groups in total. The summed E-state index contributed by atoms with van der Waals surface area (Å²) in [6, 6.07) is 3.62. The number of rotatable bonds is 9. The van der Waals surface area contributed by atoms with Crippen molar-refractivity contribution in [2.75, 3.05) is 27.9 Å². The number of benzene rings is 1. The minimum Gasteiger partial charge on any atom is -0.496 e. The third-order valence-corrected chi connectivity index (χ3v) is 3.62. The fraction of sp³-hybridized carbons (Fsp3) is 0.318. The zero-order chi connectivity index (χ0) is 20.2. The first-order chi connectivity index (χ1) is 12.9. The van der Waals surface area contributed by atoms with E-state index in [9.17, 15) is 4.79 Å². The van der Waals surface area contributed by atoms with Gasteiger partial charge in [0, 0.05) is 18.2 Å². The molecule has 0 aliphatic carbocycles. The molecule has 0 spiro atoms. The number of methoxy groups -OCH3 is 3. The lowest BCUT2D eigenvalue weighted by Crippen LogP contribution is -1.99. The summed E-state index contributed by atoms with van der Waals surface area (Å²) in [6.07, 6.45) is 11.0. The van der Waals surface area contributed by atoms with Crippen LogP contribution in [0.1, 0.15) is 26.3 Å². The van der Waals surface area contributed by atoms with Gasteiger partial charge >= 0.3 is 5.97 Å². The van der Waals surface area contributed by atoms with E-state index >= 15 is 0 Å². The summed E-state index contributed by atoms with van der Waals surface area (Å²) in [5.74, 6) is 1.66. The molecule has 0 aliphatic rings. The summed E-state index contributed by atoms with van der Waals surface area (Å²) >= 11 is 0. The summed E-state index contributed by atoms with van der Waals surface area (Å²) in [7, 11) is 4.81. The first-order valence-corrected chi connectivity index (χ1v) is 8.63. The van der Waals surface area contributed by atoms with E-state index in [0.717, 1.165) is 16.7 Å². The van der Waals surface area contributed by atoms with Gasteiger partial charge in [-0.25, -0.2) is 4.79 Å². The molecule has 0 saturated carbocycles. The topological polar surface area (TPSA) is 54.0 Å². The number of allylic oxidation sites excluding steroid dienone is 6. The molecular weight excluding hydrogens is 344 g/mol. The van der Waals surface area contributed by atoms with Gasteiger partial charge in [-0.15, -0.1) is 0 Å². The van der Waals surface area contributed by atoms with Crippen molar-refractivity contribution in [3.8, 4) is 17.2 Å². The van der Waals surface area contributed by atoms with Gasteiger partial charge in [0.1, 0.15) is 17.2 Å².